The van der Waals surface area contributed by atoms with Crippen LogP contribution in [0, 0.1) is 0 Å². The van der Waals surface area contributed by atoms with Crippen LogP contribution >= 0.6 is 0 Å². The highest BCUT2D eigenvalue weighted by atomic mass is 15.3. The van der Waals surface area contributed by atoms with Gasteiger partial charge in [-0.3, -0.25) is 4.98 Å². The number of benzene rings is 2. The van der Waals surface area contributed by atoms with E-state index in [-0.39, 0.29) is 0 Å². The van der Waals surface area contributed by atoms with Crippen LogP contribution in [0.5, 0.6) is 0 Å². The smallest absolute Gasteiger partial charge is 0.147 e. The summed E-state index contributed by atoms with van der Waals surface area (Å²) in [5.74, 6) is 0.954. The SMILES string of the molecule is c1ccc2nc(N3CCN(c4ccc5ncncc5c4)CC3)cnc2c1. The van der Waals surface area contributed by atoms with E-state index < -0.39 is 0 Å². The second kappa shape index (κ2) is 6.22. The van der Waals surface area contributed by atoms with Crippen LogP contribution < -0.4 is 9.80 Å². The fourth-order valence-electron chi connectivity index (χ4n) is 3.46. The Morgan fingerprint density at radius 1 is 0.731 bits per heavy atom. The minimum Gasteiger partial charge on any atom is -0.368 e. The summed E-state index contributed by atoms with van der Waals surface area (Å²) in [6, 6.07) is 14.4. The van der Waals surface area contributed by atoms with E-state index in [1.54, 1.807) is 6.33 Å². The molecular formula is C20H18N6. The molecule has 0 saturated carbocycles. The second-order valence-corrected chi connectivity index (χ2v) is 6.46. The van der Waals surface area contributed by atoms with Gasteiger partial charge in [-0.05, 0) is 30.3 Å². The van der Waals surface area contributed by atoms with E-state index in [0.717, 1.165) is 53.9 Å². The van der Waals surface area contributed by atoms with Crippen molar-refractivity contribution >= 4 is 33.4 Å². The minimum atomic E-state index is 0.927. The Labute approximate surface area is 151 Å². The van der Waals surface area contributed by atoms with Gasteiger partial charge in [-0.25, -0.2) is 15.0 Å². The zero-order valence-corrected chi connectivity index (χ0v) is 14.3. The highest BCUT2D eigenvalue weighted by Crippen LogP contribution is 2.23. The molecule has 1 saturated heterocycles. The highest BCUT2D eigenvalue weighted by Gasteiger charge is 2.19. The van der Waals surface area contributed by atoms with E-state index >= 15 is 0 Å². The van der Waals surface area contributed by atoms with Gasteiger partial charge in [-0.15, -0.1) is 0 Å². The first kappa shape index (κ1) is 15.0. The van der Waals surface area contributed by atoms with Crippen molar-refractivity contribution in [1.29, 1.82) is 0 Å². The molecule has 0 spiro atoms. The van der Waals surface area contributed by atoms with Gasteiger partial charge in [0.25, 0.3) is 0 Å². The summed E-state index contributed by atoms with van der Waals surface area (Å²) in [5.41, 5.74) is 4.08. The van der Waals surface area contributed by atoms with Crippen molar-refractivity contribution in [2.24, 2.45) is 0 Å². The largest absolute Gasteiger partial charge is 0.368 e. The molecule has 3 heterocycles. The van der Waals surface area contributed by atoms with Crippen LogP contribution in [0.4, 0.5) is 11.5 Å². The maximum absolute atomic E-state index is 4.77. The fourth-order valence-corrected chi connectivity index (χ4v) is 3.46. The first-order valence-electron chi connectivity index (χ1n) is 8.78. The summed E-state index contributed by atoms with van der Waals surface area (Å²) in [6.45, 7) is 3.76. The number of anilines is 2. The third-order valence-corrected chi connectivity index (χ3v) is 4.89. The normalized spacial score (nSPS) is 14.9. The van der Waals surface area contributed by atoms with Gasteiger partial charge in [0.1, 0.15) is 12.1 Å². The predicted molar refractivity (Wildman–Crippen MR) is 104 cm³/mol. The Balaban J connectivity index is 1.34. The van der Waals surface area contributed by atoms with Crippen molar-refractivity contribution in [2.75, 3.05) is 36.0 Å². The highest BCUT2D eigenvalue weighted by molar-refractivity contribution is 5.81. The summed E-state index contributed by atoms with van der Waals surface area (Å²) in [4.78, 5) is 22.4. The lowest BCUT2D eigenvalue weighted by Crippen LogP contribution is -2.46. The van der Waals surface area contributed by atoms with E-state index in [9.17, 15) is 0 Å². The third kappa shape index (κ3) is 2.69. The molecule has 0 aliphatic carbocycles. The van der Waals surface area contributed by atoms with Crippen molar-refractivity contribution in [3.63, 3.8) is 0 Å². The molecular weight excluding hydrogens is 324 g/mol. The lowest BCUT2D eigenvalue weighted by atomic mass is 10.2. The van der Waals surface area contributed by atoms with Gasteiger partial charge in [0.05, 0.1) is 22.7 Å². The number of fused-ring (bicyclic) bond motifs is 2. The lowest BCUT2D eigenvalue weighted by Gasteiger charge is -2.36. The standard InChI is InChI=1S/C20H18N6/c1-2-4-19-18(3-1)22-13-20(24-19)26-9-7-25(8-10-26)16-5-6-17-15(11-16)12-21-14-23-17/h1-6,11-14H,7-10H2. The number of piperazine rings is 1. The van der Waals surface area contributed by atoms with Crippen LogP contribution in [0.3, 0.4) is 0 Å². The molecule has 1 aliphatic heterocycles. The van der Waals surface area contributed by atoms with Crippen molar-refractivity contribution in [3.05, 3.63) is 61.2 Å². The number of aromatic nitrogens is 4. The van der Waals surface area contributed by atoms with Crippen molar-refractivity contribution in [2.45, 2.75) is 0 Å². The zero-order valence-electron chi connectivity index (χ0n) is 14.3. The summed E-state index contributed by atoms with van der Waals surface area (Å²) in [6.07, 6.45) is 5.34. The molecule has 4 aromatic rings. The van der Waals surface area contributed by atoms with Crippen LogP contribution in [-0.4, -0.2) is 46.1 Å². The van der Waals surface area contributed by atoms with Gasteiger partial charge >= 0.3 is 0 Å². The summed E-state index contributed by atoms with van der Waals surface area (Å²) in [7, 11) is 0. The lowest BCUT2D eigenvalue weighted by molar-refractivity contribution is 0.647. The monoisotopic (exact) mass is 342 g/mol. The molecule has 1 fully saturated rings. The topological polar surface area (TPSA) is 58.0 Å². The molecule has 128 valence electrons. The molecule has 26 heavy (non-hydrogen) atoms. The number of hydrogen-bond acceptors (Lipinski definition) is 6. The van der Waals surface area contributed by atoms with Gasteiger partial charge in [-0.1, -0.05) is 12.1 Å². The Hall–Kier alpha value is -3.28. The average Bonchev–Trinajstić information content (AvgIpc) is 2.73. The quantitative estimate of drug-likeness (QED) is 0.558. The molecule has 5 rings (SSSR count). The Bertz CT molecular complexity index is 984. The molecule has 0 atom stereocenters. The molecule has 6 nitrogen and oxygen atoms in total. The van der Waals surface area contributed by atoms with Gasteiger partial charge in [-0.2, -0.15) is 0 Å². The van der Waals surface area contributed by atoms with E-state index in [1.807, 2.05) is 36.7 Å². The van der Waals surface area contributed by atoms with Gasteiger partial charge in [0.15, 0.2) is 0 Å². The molecule has 6 heteroatoms. The average molecular weight is 342 g/mol. The van der Waals surface area contributed by atoms with E-state index in [4.69, 9.17) is 4.98 Å². The predicted octanol–water partition coefficient (Wildman–Crippen LogP) is 2.90. The first-order valence-corrected chi connectivity index (χ1v) is 8.78. The maximum Gasteiger partial charge on any atom is 0.147 e. The Morgan fingerprint density at radius 3 is 2.42 bits per heavy atom. The Morgan fingerprint density at radius 2 is 1.54 bits per heavy atom. The molecule has 0 unspecified atom stereocenters. The van der Waals surface area contributed by atoms with Crippen LogP contribution in [0.15, 0.2) is 61.2 Å². The molecule has 0 radical (unpaired) electrons. The van der Waals surface area contributed by atoms with Crippen LogP contribution in [-0.2, 0) is 0 Å². The van der Waals surface area contributed by atoms with Gasteiger partial charge in [0.2, 0.25) is 0 Å². The molecule has 0 N–H and O–H groups in total. The van der Waals surface area contributed by atoms with Crippen LogP contribution in [0.25, 0.3) is 21.9 Å². The third-order valence-electron chi connectivity index (χ3n) is 4.89. The molecule has 2 aromatic carbocycles. The van der Waals surface area contributed by atoms with Crippen LogP contribution in [0.2, 0.25) is 0 Å². The molecule has 2 aromatic heterocycles. The molecule has 0 amide bonds. The second-order valence-electron chi connectivity index (χ2n) is 6.46. The van der Waals surface area contributed by atoms with Gasteiger partial charge in [0, 0.05) is 43.4 Å². The first-order chi connectivity index (χ1) is 12.9. The van der Waals surface area contributed by atoms with E-state index in [1.165, 1.54) is 5.69 Å². The van der Waals surface area contributed by atoms with Gasteiger partial charge < -0.3 is 9.80 Å². The van der Waals surface area contributed by atoms with E-state index in [0.29, 0.717) is 0 Å². The summed E-state index contributed by atoms with van der Waals surface area (Å²) in [5, 5.41) is 1.08. The number of hydrogen-bond donors (Lipinski definition) is 0. The van der Waals surface area contributed by atoms with Crippen molar-refractivity contribution in [1.82, 2.24) is 19.9 Å². The number of para-hydroxylation sites is 2. The fraction of sp³-hybridized carbons (Fsp3) is 0.200. The van der Waals surface area contributed by atoms with E-state index in [2.05, 4.69) is 43.0 Å². The number of rotatable bonds is 2. The van der Waals surface area contributed by atoms with Crippen molar-refractivity contribution in [3.8, 4) is 0 Å². The Kier molecular flexibility index (Phi) is 3.59. The van der Waals surface area contributed by atoms with Crippen LogP contribution in [0.1, 0.15) is 0 Å². The summed E-state index contributed by atoms with van der Waals surface area (Å²) >= 11 is 0. The maximum atomic E-state index is 4.77. The summed E-state index contributed by atoms with van der Waals surface area (Å²) < 4.78 is 0. The van der Waals surface area contributed by atoms with Crippen molar-refractivity contribution < 1.29 is 0 Å². The molecule has 0 bridgehead atoms. The molecule has 1 aliphatic rings. The minimum absolute atomic E-state index is 0.927. The zero-order chi connectivity index (χ0) is 17.3. The number of nitrogens with zero attached hydrogens (tertiary/aromatic N) is 6.